The molecule has 1 aromatic heterocycles. The van der Waals surface area contributed by atoms with E-state index in [1.54, 1.807) is 0 Å². The highest BCUT2D eigenvalue weighted by atomic mass is 16.5. The van der Waals surface area contributed by atoms with E-state index < -0.39 is 0 Å². The average Bonchev–Trinajstić information content (AvgIpc) is 2.71. The summed E-state index contributed by atoms with van der Waals surface area (Å²) in [6, 6.07) is 0. The maximum Gasteiger partial charge on any atom is 0.195 e. The minimum Gasteiger partial charge on any atom is -0.446 e. The summed E-state index contributed by atoms with van der Waals surface area (Å²) in [7, 11) is 1.94. The topological polar surface area (TPSA) is 47.3 Å². The predicted molar refractivity (Wildman–Crippen MR) is 66.0 cm³/mol. The van der Waals surface area contributed by atoms with Crippen LogP contribution in [0.25, 0.3) is 0 Å². The molecule has 1 aliphatic carbocycles. The fraction of sp³-hybridized carbons (Fsp3) is 0.769. The normalized spacial score (nSPS) is 23.6. The van der Waals surface area contributed by atoms with Crippen LogP contribution in [0.5, 0.6) is 0 Å². The van der Waals surface area contributed by atoms with E-state index in [9.17, 15) is 0 Å². The molecule has 1 N–H and O–H groups in total. The Bertz CT molecular complexity index is 332. The fourth-order valence-electron chi connectivity index (χ4n) is 2.29. The molecule has 0 atom stereocenters. The van der Waals surface area contributed by atoms with E-state index in [0.717, 1.165) is 43.6 Å². The molecule has 1 saturated carbocycles. The van der Waals surface area contributed by atoms with E-state index in [4.69, 9.17) is 9.15 Å². The van der Waals surface area contributed by atoms with Crippen LogP contribution >= 0.6 is 0 Å². The van der Waals surface area contributed by atoms with Crippen molar-refractivity contribution in [2.24, 2.45) is 5.92 Å². The van der Waals surface area contributed by atoms with Crippen molar-refractivity contribution in [1.82, 2.24) is 10.3 Å². The summed E-state index contributed by atoms with van der Waals surface area (Å²) >= 11 is 0. The minimum atomic E-state index is 0.483. The summed E-state index contributed by atoms with van der Waals surface area (Å²) in [5.74, 6) is 2.59. The maximum atomic E-state index is 5.70. The summed E-state index contributed by atoms with van der Waals surface area (Å²) in [5, 5.41) is 3.09. The SMILES string of the molecule is CCOC1CC(Cc2cnc(CCNC)o2)C1. The van der Waals surface area contributed by atoms with Gasteiger partial charge in [-0.1, -0.05) is 0 Å². The first-order chi connectivity index (χ1) is 8.31. The monoisotopic (exact) mass is 238 g/mol. The standard InChI is InChI=1S/C13H22N2O2/c1-3-16-11-6-10(7-11)8-12-9-15-13(17-12)4-5-14-2/h9-11,14H,3-8H2,1-2H3. The van der Waals surface area contributed by atoms with E-state index in [1.807, 2.05) is 13.2 Å². The van der Waals surface area contributed by atoms with Crippen LogP contribution in [-0.4, -0.2) is 31.3 Å². The van der Waals surface area contributed by atoms with Gasteiger partial charge in [-0.15, -0.1) is 0 Å². The second-order valence-electron chi connectivity index (χ2n) is 4.69. The van der Waals surface area contributed by atoms with Gasteiger partial charge in [-0.2, -0.15) is 0 Å². The lowest BCUT2D eigenvalue weighted by Gasteiger charge is -2.34. The second kappa shape index (κ2) is 6.17. The minimum absolute atomic E-state index is 0.483. The van der Waals surface area contributed by atoms with E-state index in [-0.39, 0.29) is 0 Å². The van der Waals surface area contributed by atoms with Gasteiger partial charge in [0.2, 0.25) is 0 Å². The van der Waals surface area contributed by atoms with Gasteiger partial charge < -0.3 is 14.5 Å². The molecule has 0 amide bonds. The lowest BCUT2D eigenvalue weighted by atomic mass is 9.79. The molecular formula is C13H22N2O2. The van der Waals surface area contributed by atoms with E-state index in [2.05, 4.69) is 17.2 Å². The van der Waals surface area contributed by atoms with Crippen LogP contribution in [0.3, 0.4) is 0 Å². The van der Waals surface area contributed by atoms with Crippen molar-refractivity contribution >= 4 is 0 Å². The molecule has 0 aliphatic heterocycles. The van der Waals surface area contributed by atoms with Gasteiger partial charge in [-0.3, -0.25) is 0 Å². The van der Waals surface area contributed by atoms with E-state index >= 15 is 0 Å². The molecule has 0 radical (unpaired) electrons. The van der Waals surface area contributed by atoms with Crippen LogP contribution in [-0.2, 0) is 17.6 Å². The fourth-order valence-corrected chi connectivity index (χ4v) is 2.29. The van der Waals surface area contributed by atoms with Crippen molar-refractivity contribution in [2.45, 2.75) is 38.7 Å². The Morgan fingerprint density at radius 3 is 3.06 bits per heavy atom. The van der Waals surface area contributed by atoms with E-state index in [0.29, 0.717) is 6.10 Å². The molecule has 2 rings (SSSR count). The number of nitrogens with one attached hydrogen (secondary N) is 1. The molecule has 0 unspecified atom stereocenters. The number of hydrogen-bond acceptors (Lipinski definition) is 4. The first kappa shape index (κ1) is 12.6. The molecule has 0 saturated heterocycles. The van der Waals surface area contributed by atoms with Gasteiger partial charge in [-0.05, 0) is 32.7 Å². The zero-order chi connectivity index (χ0) is 12.1. The molecule has 1 aliphatic rings. The summed E-state index contributed by atoms with van der Waals surface area (Å²) in [6.45, 7) is 3.79. The van der Waals surface area contributed by atoms with E-state index in [1.165, 1.54) is 12.8 Å². The van der Waals surface area contributed by atoms with Gasteiger partial charge in [0.25, 0.3) is 0 Å². The maximum absolute atomic E-state index is 5.70. The predicted octanol–water partition coefficient (Wildman–Crippen LogP) is 1.79. The average molecular weight is 238 g/mol. The Hall–Kier alpha value is -0.870. The molecule has 0 bridgehead atoms. The summed E-state index contributed by atoms with van der Waals surface area (Å²) in [6.07, 6.45) is 6.57. The first-order valence-corrected chi connectivity index (χ1v) is 6.51. The molecule has 1 fully saturated rings. The smallest absolute Gasteiger partial charge is 0.195 e. The van der Waals surface area contributed by atoms with Crippen LogP contribution in [0.2, 0.25) is 0 Å². The molecule has 1 heterocycles. The number of hydrogen-bond donors (Lipinski definition) is 1. The third kappa shape index (κ3) is 3.54. The second-order valence-corrected chi connectivity index (χ2v) is 4.69. The number of rotatable bonds is 7. The third-order valence-electron chi connectivity index (χ3n) is 3.27. The van der Waals surface area contributed by atoms with Gasteiger partial charge in [0, 0.05) is 26.0 Å². The van der Waals surface area contributed by atoms with Crippen molar-refractivity contribution in [1.29, 1.82) is 0 Å². The van der Waals surface area contributed by atoms with Crippen molar-refractivity contribution in [3.05, 3.63) is 17.8 Å². The van der Waals surface area contributed by atoms with Crippen LogP contribution in [0.15, 0.2) is 10.6 Å². The molecule has 4 heteroatoms. The van der Waals surface area contributed by atoms with Crippen molar-refractivity contribution in [3.63, 3.8) is 0 Å². The first-order valence-electron chi connectivity index (χ1n) is 6.51. The lowest BCUT2D eigenvalue weighted by molar-refractivity contribution is -0.0252. The van der Waals surface area contributed by atoms with Crippen molar-refractivity contribution < 1.29 is 9.15 Å². The van der Waals surface area contributed by atoms with Gasteiger partial charge in [0.05, 0.1) is 12.3 Å². The molecule has 0 aromatic carbocycles. The van der Waals surface area contributed by atoms with Gasteiger partial charge in [0.15, 0.2) is 5.89 Å². The largest absolute Gasteiger partial charge is 0.446 e. The Morgan fingerprint density at radius 1 is 1.53 bits per heavy atom. The molecule has 1 aromatic rings. The Kier molecular flexibility index (Phi) is 4.57. The number of aromatic nitrogens is 1. The molecule has 17 heavy (non-hydrogen) atoms. The van der Waals surface area contributed by atoms with Gasteiger partial charge >= 0.3 is 0 Å². The van der Waals surface area contributed by atoms with Gasteiger partial charge in [0.1, 0.15) is 5.76 Å². The van der Waals surface area contributed by atoms with Gasteiger partial charge in [-0.25, -0.2) is 4.98 Å². The lowest BCUT2D eigenvalue weighted by Crippen LogP contribution is -2.32. The molecule has 4 nitrogen and oxygen atoms in total. The number of likely N-dealkylation sites (N-methyl/N-ethyl adjacent to an activating group) is 1. The van der Waals surface area contributed by atoms with Crippen molar-refractivity contribution in [2.75, 3.05) is 20.2 Å². The number of ether oxygens (including phenoxy) is 1. The zero-order valence-electron chi connectivity index (χ0n) is 10.7. The van der Waals surface area contributed by atoms with Crippen LogP contribution in [0.1, 0.15) is 31.4 Å². The number of oxazole rings is 1. The molecule has 96 valence electrons. The van der Waals surface area contributed by atoms with Crippen LogP contribution < -0.4 is 5.32 Å². The Morgan fingerprint density at radius 2 is 2.35 bits per heavy atom. The highest BCUT2D eigenvalue weighted by Gasteiger charge is 2.30. The highest BCUT2D eigenvalue weighted by Crippen LogP contribution is 2.32. The summed E-state index contributed by atoms with van der Waals surface area (Å²) < 4.78 is 11.2. The molecular weight excluding hydrogens is 216 g/mol. The number of nitrogens with zero attached hydrogens (tertiary/aromatic N) is 1. The van der Waals surface area contributed by atoms with Crippen molar-refractivity contribution in [3.8, 4) is 0 Å². The zero-order valence-corrected chi connectivity index (χ0v) is 10.7. The Balaban J connectivity index is 1.71. The van der Waals surface area contributed by atoms with Crippen LogP contribution in [0, 0.1) is 5.92 Å². The third-order valence-corrected chi connectivity index (χ3v) is 3.27. The summed E-state index contributed by atoms with van der Waals surface area (Å²) in [4.78, 5) is 4.28. The quantitative estimate of drug-likeness (QED) is 0.787. The van der Waals surface area contributed by atoms with Crippen LogP contribution in [0.4, 0.5) is 0 Å². The summed E-state index contributed by atoms with van der Waals surface area (Å²) in [5.41, 5.74) is 0. The molecule has 0 spiro atoms. The highest BCUT2D eigenvalue weighted by molar-refractivity contribution is 4.98. The Labute approximate surface area is 103 Å².